The summed E-state index contributed by atoms with van der Waals surface area (Å²) in [6, 6.07) is 0.0307. The lowest BCUT2D eigenvalue weighted by atomic mass is 9.75. The highest BCUT2D eigenvalue weighted by molar-refractivity contribution is 6.84. The van der Waals surface area contributed by atoms with Crippen molar-refractivity contribution in [3.63, 3.8) is 0 Å². The molecule has 0 radical (unpaired) electrons. The summed E-state index contributed by atoms with van der Waals surface area (Å²) >= 11 is 0. The Hall–Kier alpha value is 0.299. The summed E-state index contributed by atoms with van der Waals surface area (Å²) in [4.78, 5) is 0. The molecule has 8 heteroatoms. The Labute approximate surface area is 168 Å². The van der Waals surface area contributed by atoms with Gasteiger partial charge in [-0.3, -0.25) is 0 Å². The molecule has 27 heavy (non-hydrogen) atoms. The summed E-state index contributed by atoms with van der Waals surface area (Å²) in [5.41, 5.74) is 1.05. The van der Waals surface area contributed by atoms with E-state index < -0.39 is 17.1 Å². The fourth-order valence-electron chi connectivity index (χ4n) is 5.30. The van der Waals surface area contributed by atoms with E-state index in [1.54, 1.807) is 0 Å². The van der Waals surface area contributed by atoms with Crippen LogP contribution in [0.1, 0.15) is 61.8 Å². The van der Waals surface area contributed by atoms with Crippen molar-refractivity contribution in [1.82, 2.24) is 0 Å². The lowest BCUT2D eigenvalue weighted by Gasteiger charge is -2.54. The van der Waals surface area contributed by atoms with Gasteiger partial charge in [0.1, 0.15) is 25.7 Å². The van der Waals surface area contributed by atoms with Crippen molar-refractivity contribution in [2.24, 2.45) is 0 Å². The Morgan fingerprint density at radius 3 is 1.81 bits per heavy atom. The van der Waals surface area contributed by atoms with Gasteiger partial charge in [-0.25, -0.2) is 0 Å². The molecule has 0 aromatic rings. The molecular formula is C19H39BO5Si2. The first kappa shape index (κ1) is 22.0. The van der Waals surface area contributed by atoms with Gasteiger partial charge >= 0.3 is 17.1 Å². The Kier molecular flexibility index (Phi) is 6.13. The molecule has 0 aromatic heterocycles. The van der Waals surface area contributed by atoms with Crippen molar-refractivity contribution >= 4 is 25.0 Å². The van der Waals surface area contributed by atoms with Crippen molar-refractivity contribution < 1.29 is 22.4 Å². The standard InChI is InChI=1S/C19H39BO5Si2/c1-12(2)26(13(3)4)22-11-16-17(19(9-10-21-19)18(20)23-16)24-27(25-26,14(5)6)15(7)8/h12-18H,9-11,20H2,1-8H3/t16?,17-,18?,19+/m1/s1. The predicted octanol–water partition coefficient (Wildman–Crippen LogP) is 3.46. The minimum Gasteiger partial charge on any atom is -0.414 e. The van der Waals surface area contributed by atoms with Gasteiger partial charge in [-0.2, -0.15) is 0 Å². The lowest BCUT2D eigenvalue weighted by molar-refractivity contribution is -0.194. The molecule has 3 aliphatic rings. The number of hydrogen-bond donors (Lipinski definition) is 0. The zero-order valence-electron chi connectivity index (χ0n) is 18.7. The van der Waals surface area contributed by atoms with E-state index in [1.165, 1.54) is 0 Å². The van der Waals surface area contributed by atoms with E-state index in [0.717, 1.165) is 13.0 Å². The van der Waals surface area contributed by atoms with E-state index in [9.17, 15) is 0 Å². The average molecular weight is 415 g/mol. The van der Waals surface area contributed by atoms with Crippen molar-refractivity contribution in [2.45, 2.75) is 108 Å². The van der Waals surface area contributed by atoms with Crippen LogP contribution in [0.2, 0.25) is 22.2 Å². The van der Waals surface area contributed by atoms with E-state index in [4.69, 9.17) is 22.4 Å². The maximum atomic E-state index is 7.24. The number of rotatable bonds is 4. The van der Waals surface area contributed by atoms with Crippen LogP contribution in [-0.4, -0.2) is 62.0 Å². The van der Waals surface area contributed by atoms with Crippen LogP contribution in [0.3, 0.4) is 0 Å². The summed E-state index contributed by atoms with van der Waals surface area (Å²) in [6.45, 7) is 19.4. The van der Waals surface area contributed by atoms with Gasteiger partial charge < -0.3 is 22.4 Å². The smallest absolute Gasteiger partial charge is 0.335 e. The second-order valence-corrected chi connectivity index (χ2v) is 18.7. The largest absolute Gasteiger partial charge is 0.414 e. The number of fused-ring (bicyclic) bond motifs is 2. The van der Waals surface area contributed by atoms with E-state index in [1.807, 2.05) is 0 Å². The molecule has 3 saturated heterocycles. The molecule has 0 amide bonds. The number of ether oxygens (including phenoxy) is 2. The molecule has 4 atom stereocenters. The highest BCUT2D eigenvalue weighted by atomic mass is 28.5. The molecule has 0 bridgehead atoms. The molecular weight excluding hydrogens is 375 g/mol. The van der Waals surface area contributed by atoms with E-state index in [2.05, 4.69) is 63.2 Å². The Balaban J connectivity index is 2.07. The Morgan fingerprint density at radius 2 is 1.41 bits per heavy atom. The minimum atomic E-state index is -2.59. The second kappa shape index (κ2) is 7.52. The van der Waals surface area contributed by atoms with Crippen LogP contribution in [0.15, 0.2) is 0 Å². The third-order valence-electron chi connectivity index (χ3n) is 7.07. The maximum Gasteiger partial charge on any atom is 0.335 e. The quantitative estimate of drug-likeness (QED) is 0.660. The van der Waals surface area contributed by atoms with Crippen molar-refractivity contribution in [3.8, 4) is 0 Å². The molecule has 156 valence electrons. The zero-order chi connectivity index (χ0) is 20.2. The lowest BCUT2D eigenvalue weighted by Crippen LogP contribution is -2.69. The topological polar surface area (TPSA) is 46.2 Å². The van der Waals surface area contributed by atoms with Gasteiger partial charge in [-0.1, -0.05) is 55.4 Å². The molecule has 5 nitrogen and oxygen atoms in total. The van der Waals surface area contributed by atoms with Crippen molar-refractivity contribution in [2.75, 3.05) is 13.2 Å². The molecule has 3 rings (SSSR count). The van der Waals surface area contributed by atoms with Gasteiger partial charge in [0.15, 0.2) is 0 Å². The molecule has 3 heterocycles. The van der Waals surface area contributed by atoms with Crippen LogP contribution in [0, 0.1) is 0 Å². The first-order valence-electron chi connectivity index (χ1n) is 10.8. The monoisotopic (exact) mass is 414 g/mol. The van der Waals surface area contributed by atoms with Gasteiger partial charge in [-0.05, 0) is 22.2 Å². The van der Waals surface area contributed by atoms with Crippen molar-refractivity contribution in [1.29, 1.82) is 0 Å². The van der Waals surface area contributed by atoms with Crippen LogP contribution >= 0.6 is 0 Å². The van der Waals surface area contributed by atoms with Crippen LogP contribution < -0.4 is 0 Å². The molecule has 0 N–H and O–H groups in total. The summed E-state index contributed by atoms with van der Waals surface area (Å²) in [5, 5.41) is 0. The van der Waals surface area contributed by atoms with Gasteiger partial charge in [0, 0.05) is 6.42 Å². The third kappa shape index (κ3) is 3.23. The van der Waals surface area contributed by atoms with Crippen LogP contribution in [0.4, 0.5) is 0 Å². The maximum absolute atomic E-state index is 7.24. The molecule has 0 aliphatic carbocycles. The molecule has 3 fully saturated rings. The first-order valence-corrected chi connectivity index (χ1v) is 14.8. The van der Waals surface area contributed by atoms with Crippen LogP contribution in [0.5, 0.6) is 0 Å². The summed E-state index contributed by atoms with van der Waals surface area (Å²) in [5.74, 6) is 0. The van der Waals surface area contributed by atoms with E-state index in [-0.39, 0.29) is 23.8 Å². The van der Waals surface area contributed by atoms with Gasteiger partial charge in [0.05, 0.1) is 19.2 Å². The molecule has 1 spiro atoms. The number of hydrogen-bond acceptors (Lipinski definition) is 5. The molecule has 2 unspecified atom stereocenters. The molecule has 0 saturated carbocycles. The van der Waals surface area contributed by atoms with E-state index in [0.29, 0.717) is 28.8 Å². The van der Waals surface area contributed by atoms with Gasteiger partial charge in [-0.15, -0.1) is 0 Å². The average Bonchev–Trinajstić information content (AvgIpc) is 2.77. The highest BCUT2D eigenvalue weighted by Crippen LogP contribution is 2.51. The summed E-state index contributed by atoms with van der Waals surface area (Å²) in [6.07, 6.45) is 0.828. The fraction of sp³-hybridized carbons (Fsp3) is 1.00. The van der Waals surface area contributed by atoms with Gasteiger partial charge in [0.2, 0.25) is 0 Å². The van der Waals surface area contributed by atoms with Crippen molar-refractivity contribution in [3.05, 3.63) is 0 Å². The van der Waals surface area contributed by atoms with Crippen LogP contribution in [0.25, 0.3) is 0 Å². The predicted molar refractivity (Wildman–Crippen MR) is 114 cm³/mol. The SMILES string of the molecule is BC1OC2CO[Si](C(C)C)(C(C)C)O[Si](C(C)C)(C(C)C)O[C@H]2[C@@]12CCO2. The second-order valence-electron chi connectivity index (χ2n) is 9.88. The third-order valence-corrected chi connectivity index (χ3v) is 17.3. The molecule has 3 aliphatic heterocycles. The Morgan fingerprint density at radius 1 is 0.889 bits per heavy atom. The molecule has 0 aromatic carbocycles. The highest BCUT2D eigenvalue weighted by Gasteiger charge is 2.66. The minimum absolute atomic E-state index is 0.0307. The summed E-state index contributed by atoms with van der Waals surface area (Å²) < 4.78 is 33.6. The fourth-order valence-corrected chi connectivity index (χ4v) is 16.5. The zero-order valence-corrected chi connectivity index (χ0v) is 20.7. The van der Waals surface area contributed by atoms with E-state index >= 15 is 0 Å². The normalized spacial score (nSPS) is 38.3. The van der Waals surface area contributed by atoms with Gasteiger partial charge in [0.25, 0.3) is 0 Å². The van der Waals surface area contributed by atoms with Crippen LogP contribution in [-0.2, 0) is 22.4 Å². The Bertz CT molecular complexity index is 522. The summed E-state index contributed by atoms with van der Waals surface area (Å²) in [7, 11) is -2.95. The first-order chi connectivity index (χ1) is 12.5.